The van der Waals surface area contributed by atoms with Crippen LogP contribution in [0.5, 0.6) is 17.2 Å². The molecule has 0 radical (unpaired) electrons. The van der Waals surface area contributed by atoms with E-state index in [1.54, 1.807) is 24.3 Å². The van der Waals surface area contributed by atoms with Crippen molar-refractivity contribution < 1.29 is 19.1 Å². The SMILES string of the molecule is CC(c1ccccc1)(c1ccc(Oc2cccc3c2C=CC(=N)C3=O)cc1)c1ccc(OC2CCCC3=C2C=CC(=N)C3=O)cc1. The predicted molar refractivity (Wildman–Crippen MR) is 180 cm³/mol. The molecule has 0 amide bonds. The topological polar surface area (TPSA) is 100 Å². The summed E-state index contributed by atoms with van der Waals surface area (Å²) in [6.45, 7) is 2.21. The third kappa shape index (κ3) is 5.12. The van der Waals surface area contributed by atoms with Crippen molar-refractivity contribution >= 4 is 29.1 Å². The van der Waals surface area contributed by atoms with Gasteiger partial charge in [0, 0.05) is 22.1 Å². The minimum absolute atomic E-state index is 0.0330. The van der Waals surface area contributed by atoms with Crippen molar-refractivity contribution in [3.63, 3.8) is 0 Å². The molecule has 0 heterocycles. The number of fused-ring (bicyclic) bond motifs is 1. The number of hydrogen-bond acceptors (Lipinski definition) is 6. The van der Waals surface area contributed by atoms with Gasteiger partial charge in [0.05, 0.1) is 0 Å². The third-order valence-corrected chi connectivity index (χ3v) is 9.23. The van der Waals surface area contributed by atoms with Crippen molar-refractivity contribution in [3.05, 3.63) is 154 Å². The Bertz CT molecular complexity index is 1990. The molecule has 2 atom stereocenters. The lowest BCUT2D eigenvalue weighted by Gasteiger charge is -2.32. The highest BCUT2D eigenvalue weighted by Gasteiger charge is 2.33. The first-order chi connectivity index (χ1) is 22.3. The summed E-state index contributed by atoms with van der Waals surface area (Å²) >= 11 is 0. The van der Waals surface area contributed by atoms with Crippen LogP contribution in [0.25, 0.3) is 6.08 Å². The van der Waals surface area contributed by atoms with Gasteiger partial charge in [-0.05, 0) is 97.0 Å². The van der Waals surface area contributed by atoms with E-state index >= 15 is 0 Å². The second-order valence-corrected chi connectivity index (χ2v) is 11.9. The first kappa shape index (κ1) is 29.1. The monoisotopic (exact) mass is 604 g/mol. The van der Waals surface area contributed by atoms with Crippen molar-refractivity contribution in [3.8, 4) is 17.2 Å². The van der Waals surface area contributed by atoms with E-state index in [-0.39, 0.29) is 29.1 Å². The van der Waals surface area contributed by atoms with Crippen LogP contribution in [0.2, 0.25) is 0 Å². The number of ether oxygens (including phenoxy) is 2. The number of carbonyl (C=O) groups excluding carboxylic acids is 2. The summed E-state index contributed by atoms with van der Waals surface area (Å²) in [4.78, 5) is 25.0. The molecule has 0 saturated carbocycles. The molecule has 0 saturated heterocycles. The number of hydrogen-bond donors (Lipinski definition) is 2. The molecule has 0 aliphatic heterocycles. The Morgan fingerprint density at radius 1 is 0.674 bits per heavy atom. The molecule has 4 aromatic rings. The lowest BCUT2D eigenvalue weighted by molar-refractivity contribution is -0.110. The van der Waals surface area contributed by atoms with Crippen LogP contribution in [0, 0.1) is 10.8 Å². The molecule has 0 bridgehead atoms. The summed E-state index contributed by atoms with van der Waals surface area (Å²) in [7, 11) is 0. The summed E-state index contributed by atoms with van der Waals surface area (Å²) in [5.41, 5.74) is 5.57. The van der Waals surface area contributed by atoms with E-state index in [0.29, 0.717) is 34.6 Å². The Morgan fingerprint density at radius 3 is 2.02 bits per heavy atom. The Hall–Kier alpha value is -5.62. The second-order valence-electron chi connectivity index (χ2n) is 11.9. The fraction of sp³-hybridized carbons (Fsp3) is 0.150. The van der Waals surface area contributed by atoms with Crippen molar-refractivity contribution in [1.29, 1.82) is 10.8 Å². The van der Waals surface area contributed by atoms with E-state index in [1.807, 2.05) is 54.6 Å². The Kier molecular flexibility index (Phi) is 7.41. The van der Waals surface area contributed by atoms with Crippen LogP contribution in [0.15, 0.2) is 126 Å². The third-order valence-electron chi connectivity index (χ3n) is 9.23. The molecule has 6 nitrogen and oxygen atoms in total. The maximum Gasteiger partial charge on any atom is 0.211 e. The molecule has 46 heavy (non-hydrogen) atoms. The molecule has 3 aliphatic carbocycles. The van der Waals surface area contributed by atoms with Gasteiger partial charge in [-0.25, -0.2) is 0 Å². The average Bonchev–Trinajstić information content (AvgIpc) is 3.09. The molecule has 0 fully saturated rings. The zero-order valence-corrected chi connectivity index (χ0v) is 25.4. The summed E-state index contributed by atoms with van der Waals surface area (Å²) < 4.78 is 12.7. The fourth-order valence-corrected chi connectivity index (χ4v) is 6.62. The van der Waals surface area contributed by atoms with Crippen molar-refractivity contribution in [2.45, 2.75) is 37.7 Å². The quantitative estimate of drug-likeness (QED) is 0.163. The molecule has 0 aromatic heterocycles. The van der Waals surface area contributed by atoms with Gasteiger partial charge < -0.3 is 9.47 Å². The van der Waals surface area contributed by atoms with Crippen molar-refractivity contribution in [2.24, 2.45) is 0 Å². The van der Waals surface area contributed by atoms with Crippen molar-refractivity contribution in [1.82, 2.24) is 0 Å². The van der Waals surface area contributed by atoms with Gasteiger partial charge in [0.1, 0.15) is 34.8 Å². The molecular formula is C40H32N2O4. The molecular weight excluding hydrogens is 572 g/mol. The maximum absolute atomic E-state index is 12.6. The summed E-state index contributed by atoms with van der Waals surface area (Å²) in [5, 5.41) is 15.7. The first-order valence-corrected chi connectivity index (χ1v) is 15.4. The number of benzene rings is 4. The smallest absolute Gasteiger partial charge is 0.211 e. The van der Waals surface area contributed by atoms with Gasteiger partial charge in [0.15, 0.2) is 0 Å². The Morgan fingerprint density at radius 2 is 1.30 bits per heavy atom. The zero-order chi connectivity index (χ0) is 31.8. The second kappa shape index (κ2) is 11.7. The van der Waals surface area contributed by atoms with Crippen LogP contribution in [0.3, 0.4) is 0 Å². The summed E-state index contributed by atoms with van der Waals surface area (Å²) in [6, 6.07) is 31.9. The summed E-state index contributed by atoms with van der Waals surface area (Å²) in [6.07, 6.45) is 8.85. The van der Waals surface area contributed by atoms with E-state index in [4.69, 9.17) is 20.3 Å². The lowest BCUT2D eigenvalue weighted by Crippen LogP contribution is -2.30. The van der Waals surface area contributed by atoms with Crippen LogP contribution >= 0.6 is 0 Å². The maximum atomic E-state index is 12.6. The van der Waals surface area contributed by atoms with Crippen LogP contribution in [-0.4, -0.2) is 29.1 Å². The van der Waals surface area contributed by atoms with Crippen LogP contribution in [-0.2, 0) is 10.2 Å². The zero-order valence-electron chi connectivity index (χ0n) is 25.4. The van der Waals surface area contributed by atoms with Crippen LogP contribution < -0.4 is 9.47 Å². The molecule has 6 heteroatoms. The van der Waals surface area contributed by atoms with Gasteiger partial charge in [0.25, 0.3) is 0 Å². The number of Topliss-reactive ketones (excluding diaryl/α,β-unsaturated/α-hetero) is 2. The number of rotatable bonds is 7. The van der Waals surface area contributed by atoms with Gasteiger partial charge in [-0.3, -0.25) is 20.4 Å². The summed E-state index contributed by atoms with van der Waals surface area (Å²) in [5.74, 6) is 1.45. The molecule has 226 valence electrons. The molecule has 2 N–H and O–H groups in total. The Labute approximate surface area is 267 Å². The normalized spacial score (nSPS) is 18.6. The number of nitrogens with one attached hydrogen (secondary N) is 2. The highest BCUT2D eigenvalue weighted by molar-refractivity contribution is 6.51. The van der Waals surface area contributed by atoms with E-state index < -0.39 is 5.41 Å². The van der Waals surface area contributed by atoms with Gasteiger partial charge in [-0.15, -0.1) is 0 Å². The largest absolute Gasteiger partial charge is 0.486 e. The van der Waals surface area contributed by atoms with Gasteiger partial charge in [0.2, 0.25) is 11.6 Å². The predicted octanol–water partition coefficient (Wildman–Crippen LogP) is 8.45. The van der Waals surface area contributed by atoms with Crippen LogP contribution in [0.1, 0.15) is 58.8 Å². The minimum atomic E-state index is -0.487. The van der Waals surface area contributed by atoms with E-state index in [9.17, 15) is 9.59 Å². The van der Waals surface area contributed by atoms with Gasteiger partial charge in [-0.2, -0.15) is 0 Å². The van der Waals surface area contributed by atoms with E-state index in [0.717, 1.165) is 40.9 Å². The van der Waals surface area contributed by atoms with Crippen molar-refractivity contribution in [2.75, 3.05) is 0 Å². The fourth-order valence-electron chi connectivity index (χ4n) is 6.62. The lowest BCUT2D eigenvalue weighted by atomic mass is 9.71. The number of allylic oxidation sites excluding steroid dienone is 3. The standard InChI is InChI=1S/C40H32N2O4/c1-40(25-7-3-2-4-8-25,26-13-17-28(18-14-26)45-36-11-5-9-32-30(36)21-23-34(41)38(32)43)27-15-19-29(20-16-27)46-37-12-6-10-33-31(37)22-24-35(42)39(33)44/h2-5,7-9,11,13-24,37,41-42H,6,10,12H2,1H3. The minimum Gasteiger partial charge on any atom is -0.486 e. The highest BCUT2D eigenvalue weighted by Crippen LogP contribution is 2.41. The van der Waals surface area contributed by atoms with Crippen LogP contribution in [0.4, 0.5) is 0 Å². The molecule has 3 aliphatic rings. The molecule has 0 spiro atoms. The van der Waals surface area contributed by atoms with Gasteiger partial charge >= 0.3 is 0 Å². The first-order valence-electron chi connectivity index (χ1n) is 15.4. The number of ketones is 2. The van der Waals surface area contributed by atoms with E-state index in [1.165, 1.54) is 6.08 Å². The Balaban J connectivity index is 1.17. The molecule has 7 rings (SSSR count). The molecule has 2 unspecified atom stereocenters. The van der Waals surface area contributed by atoms with E-state index in [2.05, 4.69) is 43.3 Å². The van der Waals surface area contributed by atoms with Gasteiger partial charge in [-0.1, -0.05) is 72.8 Å². The average molecular weight is 605 g/mol. The highest BCUT2D eigenvalue weighted by atomic mass is 16.5. The molecule has 4 aromatic carbocycles. The number of carbonyl (C=O) groups is 2.